The van der Waals surface area contributed by atoms with E-state index in [9.17, 15) is 4.79 Å². The Morgan fingerprint density at radius 2 is 2.12 bits per heavy atom. The van der Waals surface area contributed by atoms with Crippen LogP contribution in [0.4, 0.5) is 0 Å². The Morgan fingerprint density at radius 1 is 1.32 bits per heavy atom. The first-order chi connectivity index (χ1) is 12.0. The van der Waals surface area contributed by atoms with Crippen LogP contribution in [-0.2, 0) is 6.42 Å². The Bertz CT molecular complexity index is 1030. The zero-order valence-electron chi connectivity index (χ0n) is 13.7. The number of rotatable bonds is 4. The average Bonchev–Trinajstić information content (AvgIpc) is 2.61. The lowest BCUT2D eigenvalue weighted by molar-refractivity contribution is 0.415. The topological polar surface area (TPSA) is 56.5 Å². The van der Waals surface area contributed by atoms with Crippen LogP contribution in [0.1, 0.15) is 18.3 Å². The van der Waals surface area contributed by atoms with Gasteiger partial charge in [0.1, 0.15) is 11.6 Å². The van der Waals surface area contributed by atoms with Crippen molar-refractivity contribution < 1.29 is 4.74 Å². The summed E-state index contributed by atoms with van der Waals surface area (Å²) in [7, 11) is 1.56. The highest BCUT2D eigenvalue weighted by molar-refractivity contribution is 9.10. The highest BCUT2D eigenvalue weighted by atomic mass is 79.9. The predicted octanol–water partition coefficient (Wildman–Crippen LogP) is 4.27. The molecule has 5 nitrogen and oxygen atoms in total. The molecule has 0 saturated carbocycles. The second-order valence-corrected chi connectivity index (χ2v) is 6.62. The summed E-state index contributed by atoms with van der Waals surface area (Å²) in [6.45, 7) is 1.93. The molecule has 0 N–H and O–H groups in total. The molecule has 0 aliphatic rings. The number of aryl methyl sites for hydroxylation is 1. The summed E-state index contributed by atoms with van der Waals surface area (Å²) in [6.07, 6.45) is 2.17. The van der Waals surface area contributed by atoms with Crippen molar-refractivity contribution in [1.29, 1.82) is 0 Å². The number of methoxy groups -OCH3 is 1. The minimum absolute atomic E-state index is 0.209. The van der Waals surface area contributed by atoms with Gasteiger partial charge in [-0.1, -0.05) is 34.5 Å². The van der Waals surface area contributed by atoms with Crippen LogP contribution in [0.3, 0.4) is 0 Å². The number of fused-ring (bicyclic) bond motifs is 1. The highest BCUT2D eigenvalue weighted by Gasteiger charge is 2.09. The largest absolute Gasteiger partial charge is 0.495 e. The second kappa shape index (κ2) is 7.37. The first-order valence-corrected chi connectivity index (χ1v) is 8.79. The molecule has 0 spiro atoms. The van der Waals surface area contributed by atoms with Crippen LogP contribution in [0.5, 0.6) is 5.75 Å². The zero-order chi connectivity index (χ0) is 18.0. The Morgan fingerprint density at radius 3 is 2.80 bits per heavy atom. The summed E-state index contributed by atoms with van der Waals surface area (Å²) in [4.78, 5) is 17.3. The summed E-state index contributed by atoms with van der Waals surface area (Å²) in [5.41, 5.74) is 1.21. The maximum atomic E-state index is 12.8. The van der Waals surface area contributed by atoms with Crippen molar-refractivity contribution in [3.8, 4) is 5.75 Å². The first-order valence-electron chi connectivity index (χ1n) is 7.62. The molecule has 0 saturated heterocycles. The average molecular weight is 421 g/mol. The fraction of sp³-hybridized carbons (Fsp3) is 0.167. The Hall–Kier alpha value is -2.18. The van der Waals surface area contributed by atoms with Crippen molar-refractivity contribution in [2.45, 2.75) is 13.3 Å². The number of ether oxygens (including phenoxy) is 1. The number of halogens is 2. The van der Waals surface area contributed by atoms with Gasteiger partial charge in [0.2, 0.25) is 0 Å². The molecule has 1 heterocycles. The molecule has 0 fully saturated rings. The standard InChI is InChI=1S/C18H15BrClN3O2/c1-3-17-22-15-6-5-12(19)9-13(15)18(24)23(17)21-10-11-4-7-16(25-2)14(20)8-11/h4-10H,3H2,1-2H3. The van der Waals surface area contributed by atoms with Gasteiger partial charge in [0.25, 0.3) is 5.56 Å². The first kappa shape index (κ1) is 17.6. The van der Waals surface area contributed by atoms with E-state index < -0.39 is 0 Å². The molecular weight excluding hydrogens is 406 g/mol. The van der Waals surface area contributed by atoms with E-state index in [-0.39, 0.29) is 5.56 Å². The summed E-state index contributed by atoms with van der Waals surface area (Å²) < 4.78 is 7.28. The third kappa shape index (κ3) is 3.60. The van der Waals surface area contributed by atoms with E-state index in [1.165, 1.54) is 4.68 Å². The van der Waals surface area contributed by atoms with Crippen molar-refractivity contribution in [2.75, 3.05) is 7.11 Å². The maximum absolute atomic E-state index is 12.8. The smallest absolute Gasteiger partial charge is 0.282 e. The molecule has 0 radical (unpaired) electrons. The van der Waals surface area contributed by atoms with E-state index in [1.807, 2.05) is 25.1 Å². The van der Waals surface area contributed by atoms with Gasteiger partial charge in [-0.25, -0.2) is 4.98 Å². The molecule has 0 aliphatic heterocycles. The molecule has 7 heteroatoms. The Labute approximate surface area is 158 Å². The number of hydrogen-bond acceptors (Lipinski definition) is 4. The van der Waals surface area contributed by atoms with E-state index in [4.69, 9.17) is 16.3 Å². The fourth-order valence-corrected chi connectivity index (χ4v) is 3.06. The quantitative estimate of drug-likeness (QED) is 0.592. The second-order valence-electron chi connectivity index (χ2n) is 5.30. The van der Waals surface area contributed by atoms with Crippen molar-refractivity contribution in [3.63, 3.8) is 0 Å². The van der Waals surface area contributed by atoms with E-state index in [2.05, 4.69) is 26.0 Å². The number of nitrogens with zero attached hydrogens (tertiary/aromatic N) is 3. The van der Waals surface area contributed by atoms with Crippen molar-refractivity contribution in [3.05, 3.63) is 67.6 Å². The molecule has 1 aromatic heterocycles. The molecule has 0 amide bonds. The highest BCUT2D eigenvalue weighted by Crippen LogP contribution is 2.24. The van der Waals surface area contributed by atoms with Gasteiger partial charge < -0.3 is 4.74 Å². The van der Waals surface area contributed by atoms with Crippen LogP contribution < -0.4 is 10.3 Å². The summed E-state index contributed by atoms with van der Waals surface area (Å²) in [5, 5.41) is 5.32. The monoisotopic (exact) mass is 419 g/mol. The van der Waals surface area contributed by atoms with E-state index in [0.29, 0.717) is 33.9 Å². The lowest BCUT2D eigenvalue weighted by atomic mass is 10.2. The lowest BCUT2D eigenvalue weighted by Gasteiger charge is -2.08. The number of aromatic nitrogens is 2. The summed E-state index contributed by atoms with van der Waals surface area (Å²) in [5.74, 6) is 1.18. The summed E-state index contributed by atoms with van der Waals surface area (Å²) >= 11 is 9.51. The van der Waals surface area contributed by atoms with E-state index in [0.717, 1.165) is 10.0 Å². The van der Waals surface area contributed by atoms with Gasteiger partial charge in [0.15, 0.2) is 0 Å². The molecule has 128 valence electrons. The van der Waals surface area contributed by atoms with Gasteiger partial charge in [0.05, 0.1) is 29.2 Å². The number of benzene rings is 2. The molecule has 25 heavy (non-hydrogen) atoms. The van der Waals surface area contributed by atoms with Gasteiger partial charge in [-0.3, -0.25) is 4.79 Å². The van der Waals surface area contributed by atoms with Crippen LogP contribution in [0.2, 0.25) is 5.02 Å². The minimum Gasteiger partial charge on any atom is -0.495 e. The molecule has 3 aromatic rings. The van der Waals surface area contributed by atoms with Crippen LogP contribution in [-0.4, -0.2) is 23.0 Å². The molecule has 0 unspecified atom stereocenters. The van der Waals surface area contributed by atoms with Crippen molar-refractivity contribution in [1.82, 2.24) is 9.66 Å². The van der Waals surface area contributed by atoms with Gasteiger partial charge in [-0.15, -0.1) is 0 Å². The maximum Gasteiger partial charge on any atom is 0.282 e. The lowest BCUT2D eigenvalue weighted by Crippen LogP contribution is -2.22. The third-order valence-electron chi connectivity index (χ3n) is 3.69. The van der Waals surface area contributed by atoms with Crippen molar-refractivity contribution in [2.24, 2.45) is 5.10 Å². The molecule has 0 atom stereocenters. The minimum atomic E-state index is -0.209. The van der Waals surface area contributed by atoms with E-state index in [1.54, 1.807) is 31.5 Å². The zero-order valence-corrected chi connectivity index (χ0v) is 16.0. The fourth-order valence-electron chi connectivity index (χ4n) is 2.43. The molecular formula is C18H15BrClN3O2. The molecule has 0 bridgehead atoms. The molecule has 3 rings (SSSR count). The van der Waals surface area contributed by atoms with Crippen LogP contribution in [0, 0.1) is 0 Å². The van der Waals surface area contributed by atoms with Crippen LogP contribution in [0.15, 0.2) is 50.8 Å². The number of hydrogen-bond donors (Lipinski definition) is 0. The van der Waals surface area contributed by atoms with Gasteiger partial charge in [-0.05, 0) is 42.0 Å². The molecule has 0 aliphatic carbocycles. The van der Waals surface area contributed by atoms with Gasteiger partial charge >= 0.3 is 0 Å². The Kier molecular flexibility index (Phi) is 5.20. The van der Waals surface area contributed by atoms with Gasteiger partial charge in [0, 0.05) is 10.9 Å². The van der Waals surface area contributed by atoms with E-state index >= 15 is 0 Å². The van der Waals surface area contributed by atoms with Crippen molar-refractivity contribution >= 4 is 44.6 Å². The molecule has 2 aromatic carbocycles. The van der Waals surface area contributed by atoms with Crippen LogP contribution in [0.25, 0.3) is 10.9 Å². The normalized spacial score (nSPS) is 11.4. The van der Waals surface area contributed by atoms with Crippen LogP contribution >= 0.6 is 27.5 Å². The predicted molar refractivity (Wildman–Crippen MR) is 104 cm³/mol. The Balaban J connectivity index is 2.10. The van der Waals surface area contributed by atoms with Gasteiger partial charge in [-0.2, -0.15) is 9.78 Å². The third-order valence-corrected chi connectivity index (χ3v) is 4.48. The SMILES string of the molecule is CCc1nc2ccc(Br)cc2c(=O)n1N=Cc1ccc(OC)c(Cl)c1. The summed E-state index contributed by atoms with van der Waals surface area (Å²) in [6, 6.07) is 10.7.